The molecule has 0 saturated carbocycles. The van der Waals surface area contributed by atoms with Crippen molar-refractivity contribution >= 4 is 21.6 Å². The molecule has 0 unspecified atom stereocenters. The lowest BCUT2D eigenvalue weighted by molar-refractivity contribution is -0.0203. The van der Waals surface area contributed by atoms with Gasteiger partial charge in [0.25, 0.3) is 0 Å². The molecule has 2 aliphatic rings. The van der Waals surface area contributed by atoms with Crippen LogP contribution < -0.4 is 14.2 Å². The van der Waals surface area contributed by atoms with Gasteiger partial charge >= 0.3 is 0 Å². The van der Waals surface area contributed by atoms with Crippen LogP contribution in [0.4, 0.5) is 0 Å². The molecule has 0 spiro atoms. The summed E-state index contributed by atoms with van der Waals surface area (Å²) in [6, 6.07) is 22.3. The van der Waals surface area contributed by atoms with Crippen LogP contribution in [0.15, 0.2) is 76.3 Å². The molecule has 3 aromatic rings. The van der Waals surface area contributed by atoms with Gasteiger partial charge in [0.05, 0.1) is 31.5 Å². The minimum Gasteiger partial charge on any atom is -0.497 e. The lowest BCUT2D eigenvalue weighted by Crippen LogP contribution is -2.33. The van der Waals surface area contributed by atoms with Crippen molar-refractivity contribution in [2.45, 2.75) is 18.7 Å². The molecule has 2 heterocycles. The first-order valence-corrected chi connectivity index (χ1v) is 10.6. The second-order valence-electron chi connectivity index (χ2n) is 7.27. The zero-order valence-corrected chi connectivity index (χ0v) is 18.3. The Morgan fingerprint density at radius 2 is 1.83 bits per heavy atom. The van der Waals surface area contributed by atoms with Crippen LogP contribution >= 0.6 is 15.9 Å². The van der Waals surface area contributed by atoms with Crippen molar-refractivity contribution in [1.82, 2.24) is 5.01 Å². The number of rotatable bonds is 4. The number of para-hydroxylation sites is 1. The van der Waals surface area contributed by atoms with E-state index in [1.54, 1.807) is 14.2 Å². The Labute approximate surface area is 184 Å². The molecule has 0 bridgehead atoms. The first-order chi connectivity index (χ1) is 14.7. The first kappa shape index (κ1) is 19.0. The van der Waals surface area contributed by atoms with Crippen LogP contribution in [-0.2, 0) is 0 Å². The summed E-state index contributed by atoms with van der Waals surface area (Å²) in [4.78, 5) is 0. The second-order valence-corrected chi connectivity index (χ2v) is 8.19. The first-order valence-electron chi connectivity index (χ1n) is 9.77. The van der Waals surface area contributed by atoms with Crippen molar-refractivity contribution in [3.63, 3.8) is 0 Å². The lowest BCUT2D eigenvalue weighted by Gasteiger charge is -2.38. The van der Waals surface area contributed by atoms with Crippen molar-refractivity contribution in [3.8, 4) is 17.2 Å². The zero-order chi connectivity index (χ0) is 20.7. The molecule has 0 aliphatic carbocycles. The molecule has 0 fully saturated rings. The summed E-state index contributed by atoms with van der Waals surface area (Å²) < 4.78 is 18.5. The standard InChI is InChI=1S/C24H21BrN2O3/c1-28-17-7-5-6-15(12-17)20-14-21-18-8-3-4-9-23(18)30-24(27(21)26-20)19-13-16(25)10-11-22(19)29-2/h3-13,21,24H,14H2,1-2H3/t21-,24-/m0/s1. The normalized spacial score (nSPS) is 19.4. The molecular weight excluding hydrogens is 444 g/mol. The molecule has 152 valence electrons. The molecule has 0 amide bonds. The van der Waals surface area contributed by atoms with Gasteiger partial charge in [-0.15, -0.1) is 0 Å². The van der Waals surface area contributed by atoms with Gasteiger partial charge in [-0.2, -0.15) is 5.10 Å². The Bertz CT molecular complexity index is 1130. The highest BCUT2D eigenvalue weighted by Gasteiger charge is 2.41. The number of hydrazone groups is 1. The highest BCUT2D eigenvalue weighted by molar-refractivity contribution is 9.10. The van der Waals surface area contributed by atoms with Gasteiger partial charge in [0, 0.05) is 22.0 Å². The van der Waals surface area contributed by atoms with Gasteiger partial charge in [0.2, 0.25) is 6.23 Å². The Morgan fingerprint density at radius 1 is 0.967 bits per heavy atom. The van der Waals surface area contributed by atoms with Crippen LogP contribution in [0.1, 0.15) is 35.4 Å². The molecule has 0 N–H and O–H groups in total. The Hall–Kier alpha value is -2.99. The minimum atomic E-state index is -0.388. The van der Waals surface area contributed by atoms with Gasteiger partial charge in [-0.05, 0) is 36.4 Å². The number of benzene rings is 3. The van der Waals surface area contributed by atoms with Gasteiger partial charge in [-0.25, -0.2) is 5.01 Å². The summed E-state index contributed by atoms with van der Waals surface area (Å²) in [7, 11) is 3.36. The van der Waals surface area contributed by atoms with E-state index >= 15 is 0 Å². The van der Waals surface area contributed by atoms with E-state index in [1.807, 2.05) is 54.6 Å². The molecule has 30 heavy (non-hydrogen) atoms. The molecule has 6 heteroatoms. The average Bonchev–Trinajstić information content (AvgIpc) is 3.24. The van der Waals surface area contributed by atoms with Gasteiger partial charge < -0.3 is 14.2 Å². The van der Waals surface area contributed by atoms with Crippen molar-refractivity contribution < 1.29 is 14.2 Å². The Morgan fingerprint density at radius 3 is 2.67 bits per heavy atom. The fourth-order valence-corrected chi connectivity index (χ4v) is 4.49. The highest BCUT2D eigenvalue weighted by atomic mass is 79.9. The summed E-state index contributed by atoms with van der Waals surface area (Å²) in [5.74, 6) is 2.47. The number of nitrogens with zero attached hydrogens (tertiary/aromatic N) is 2. The second kappa shape index (κ2) is 7.69. The van der Waals surface area contributed by atoms with Gasteiger partial charge in [0.15, 0.2) is 0 Å². The number of methoxy groups -OCH3 is 2. The third-order valence-corrected chi connectivity index (χ3v) is 6.05. The Kier molecular flexibility index (Phi) is 4.87. The molecule has 2 atom stereocenters. The molecule has 0 saturated heterocycles. The zero-order valence-electron chi connectivity index (χ0n) is 16.7. The maximum Gasteiger partial charge on any atom is 0.217 e. The molecular formula is C24H21BrN2O3. The van der Waals surface area contributed by atoms with Gasteiger partial charge in [-0.1, -0.05) is 46.3 Å². The van der Waals surface area contributed by atoms with Crippen LogP contribution in [0.25, 0.3) is 0 Å². The van der Waals surface area contributed by atoms with E-state index in [9.17, 15) is 0 Å². The van der Waals surface area contributed by atoms with Crippen LogP contribution in [0, 0.1) is 0 Å². The monoisotopic (exact) mass is 464 g/mol. The van der Waals surface area contributed by atoms with Crippen LogP contribution in [0.5, 0.6) is 17.2 Å². The largest absolute Gasteiger partial charge is 0.497 e. The van der Waals surface area contributed by atoms with Gasteiger partial charge in [0.1, 0.15) is 17.2 Å². The van der Waals surface area contributed by atoms with E-state index in [-0.39, 0.29) is 12.3 Å². The van der Waals surface area contributed by atoms with E-state index in [0.29, 0.717) is 0 Å². The SMILES string of the molecule is COc1cccc(C2=NN3[C@@H](C2)c2ccccc2O[C@H]3c2cc(Br)ccc2OC)c1. The van der Waals surface area contributed by atoms with Crippen molar-refractivity contribution in [2.24, 2.45) is 5.10 Å². The topological polar surface area (TPSA) is 43.3 Å². The fraction of sp³-hybridized carbons (Fsp3) is 0.208. The summed E-state index contributed by atoms with van der Waals surface area (Å²) in [5.41, 5.74) is 4.14. The van der Waals surface area contributed by atoms with Crippen LogP contribution in [0.2, 0.25) is 0 Å². The average molecular weight is 465 g/mol. The maximum absolute atomic E-state index is 6.45. The van der Waals surface area contributed by atoms with E-state index < -0.39 is 0 Å². The third kappa shape index (κ3) is 3.21. The Balaban J connectivity index is 1.62. The minimum absolute atomic E-state index is 0.0878. The quantitative estimate of drug-likeness (QED) is 0.495. The number of hydrogen-bond donors (Lipinski definition) is 0. The lowest BCUT2D eigenvalue weighted by atomic mass is 9.96. The molecule has 0 aromatic heterocycles. The summed E-state index contributed by atoms with van der Waals surface area (Å²) in [6.07, 6.45) is 0.404. The summed E-state index contributed by atoms with van der Waals surface area (Å²) in [6.45, 7) is 0. The maximum atomic E-state index is 6.45. The van der Waals surface area contributed by atoms with Gasteiger partial charge in [-0.3, -0.25) is 0 Å². The highest BCUT2D eigenvalue weighted by Crippen LogP contribution is 2.49. The summed E-state index contributed by atoms with van der Waals surface area (Å²) >= 11 is 3.58. The molecule has 0 radical (unpaired) electrons. The van der Waals surface area contributed by atoms with Crippen molar-refractivity contribution in [3.05, 3.63) is 87.9 Å². The molecule has 3 aromatic carbocycles. The third-order valence-electron chi connectivity index (χ3n) is 5.56. The number of hydrogen-bond acceptors (Lipinski definition) is 5. The molecule has 2 aliphatic heterocycles. The van der Waals surface area contributed by atoms with E-state index in [4.69, 9.17) is 19.3 Å². The van der Waals surface area contributed by atoms with E-state index in [0.717, 1.165) is 50.5 Å². The summed E-state index contributed by atoms with van der Waals surface area (Å²) in [5, 5.41) is 7.07. The van der Waals surface area contributed by atoms with Crippen LogP contribution in [-0.4, -0.2) is 24.9 Å². The number of ether oxygens (including phenoxy) is 3. The molecule has 5 rings (SSSR count). The smallest absolute Gasteiger partial charge is 0.217 e. The van der Waals surface area contributed by atoms with E-state index in [1.165, 1.54) is 0 Å². The van der Waals surface area contributed by atoms with Crippen molar-refractivity contribution in [1.29, 1.82) is 0 Å². The fourth-order valence-electron chi connectivity index (χ4n) is 4.11. The number of fused-ring (bicyclic) bond motifs is 3. The number of halogens is 1. The van der Waals surface area contributed by atoms with Crippen LogP contribution in [0.3, 0.4) is 0 Å². The molecule has 5 nitrogen and oxygen atoms in total. The van der Waals surface area contributed by atoms with E-state index in [2.05, 4.69) is 33.1 Å². The predicted octanol–water partition coefficient (Wildman–Crippen LogP) is 5.71. The van der Waals surface area contributed by atoms with Crippen molar-refractivity contribution in [2.75, 3.05) is 14.2 Å². The predicted molar refractivity (Wildman–Crippen MR) is 119 cm³/mol.